The highest BCUT2D eigenvalue weighted by molar-refractivity contribution is 6.30. The van der Waals surface area contributed by atoms with Crippen molar-refractivity contribution in [2.75, 3.05) is 18.9 Å². The van der Waals surface area contributed by atoms with Crippen LogP contribution in [0.3, 0.4) is 0 Å². The average Bonchev–Trinajstić information content (AvgIpc) is 3.18. The summed E-state index contributed by atoms with van der Waals surface area (Å²) < 4.78 is 0. The maximum Gasteiger partial charge on any atom is 0.319 e. The smallest absolute Gasteiger partial charge is 0.319 e. The summed E-state index contributed by atoms with van der Waals surface area (Å²) in [5.74, 6) is -2.07. The van der Waals surface area contributed by atoms with Crippen LogP contribution in [0.4, 0.5) is 5.69 Å². The summed E-state index contributed by atoms with van der Waals surface area (Å²) in [5, 5.41) is 12.2. The number of hydrogen-bond donors (Lipinski definition) is 2. The third kappa shape index (κ3) is 3.33. The van der Waals surface area contributed by atoms with Crippen LogP contribution in [0.1, 0.15) is 12.8 Å². The lowest BCUT2D eigenvalue weighted by atomic mass is 10.1. The molecule has 21 heavy (non-hydrogen) atoms. The average molecular weight is 311 g/mol. The third-order valence-electron chi connectivity index (χ3n) is 3.40. The molecule has 1 saturated carbocycles. The molecule has 0 atom stereocenters. The Kier molecular flexibility index (Phi) is 4.18. The number of likely N-dealkylation sites (N-methyl/N-ethyl adjacent to an activating group) is 1. The van der Waals surface area contributed by atoms with E-state index in [1.165, 1.54) is 7.05 Å². The Hall–Kier alpha value is -2.08. The second-order valence-corrected chi connectivity index (χ2v) is 5.54. The molecular formula is C14H15ClN2O4. The molecule has 0 radical (unpaired) electrons. The van der Waals surface area contributed by atoms with Crippen molar-refractivity contribution in [3.8, 4) is 0 Å². The van der Waals surface area contributed by atoms with Gasteiger partial charge in [-0.2, -0.15) is 0 Å². The number of benzene rings is 1. The summed E-state index contributed by atoms with van der Waals surface area (Å²) in [6.07, 6.45) is 0.642. The van der Waals surface area contributed by atoms with E-state index in [2.05, 4.69) is 5.32 Å². The van der Waals surface area contributed by atoms with Crippen molar-refractivity contribution in [3.63, 3.8) is 0 Å². The maximum absolute atomic E-state index is 12.1. The lowest BCUT2D eigenvalue weighted by Crippen LogP contribution is -2.42. The van der Waals surface area contributed by atoms with E-state index in [9.17, 15) is 14.4 Å². The molecule has 0 aromatic heterocycles. The Morgan fingerprint density at radius 3 is 2.57 bits per heavy atom. The molecule has 1 aromatic carbocycles. The second kappa shape index (κ2) is 5.73. The van der Waals surface area contributed by atoms with Gasteiger partial charge >= 0.3 is 5.97 Å². The van der Waals surface area contributed by atoms with E-state index < -0.39 is 23.2 Å². The first-order chi connectivity index (χ1) is 9.85. The molecule has 7 heteroatoms. The highest BCUT2D eigenvalue weighted by Gasteiger charge is 2.58. The van der Waals surface area contributed by atoms with Gasteiger partial charge in [0, 0.05) is 17.8 Å². The van der Waals surface area contributed by atoms with E-state index in [1.54, 1.807) is 24.3 Å². The summed E-state index contributed by atoms with van der Waals surface area (Å²) in [4.78, 5) is 36.1. The number of carbonyl (C=O) groups excluding carboxylic acids is 2. The zero-order valence-corrected chi connectivity index (χ0v) is 12.2. The predicted molar refractivity (Wildman–Crippen MR) is 77.0 cm³/mol. The minimum Gasteiger partial charge on any atom is -0.480 e. The van der Waals surface area contributed by atoms with Crippen LogP contribution in [0.2, 0.25) is 5.02 Å². The molecule has 1 aliphatic rings. The Balaban J connectivity index is 1.94. The third-order valence-corrected chi connectivity index (χ3v) is 3.64. The van der Waals surface area contributed by atoms with E-state index in [1.807, 2.05) is 0 Å². The number of nitrogens with zero attached hydrogens (tertiary/aromatic N) is 1. The largest absolute Gasteiger partial charge is 0.480 e. The Bertz CT molecular complexity index is 598. The minimum atomic E-state index is -1.33. The van der Waals surface area contributed by atoms with Crippen molar-refractivity contribution in [3.05, 3.63) is 29.3 Å². The van der Waals surface area contributed by atoms with Gasteiger partial charge in [0.1, 0.15) is 5.41 Å². The first kappa shape index (κ1) is 15.3. The standard InChI is InChI=1S/C14H15ClN2O4/c1-17(12(19)14(5-6-14)13(20)21)8-11(18)16-10-4-2-3-9(15)7-10/h2-4,7H,5-6,8H2,1H3,(H,16,18)(H,20,21). The van der Waals surface area contributed by atoms with Crippen LogP contribution in [-0.2, 0) is 14.4 Å². The number of carbonyl (C=O) groups is 3. The molecular weight excluding hydrogens is 296 g/mol. The van der Waals surface area contributed by atoms with Crippen LogP contribution in [-0.4, -0.2) is 41.4 Å². The van der Waals surface area contributed by atoms with Crippen LogP contribution in [0.5, 0.6) is 0 Å². The molecule has 0 aliphatic heterocycles. The zero-order valence-electron chi connectivity index (χ0n) is 11.4. The molecule has 0 unspecified atom stereocenters. The number of hydrogen-bond acceptors (Lipinski definition) is 3. The first-order valence-corrected chi connectivity index (χ1v) is 6.77. The molecule has 112 valence electrons. The number of anilines is 1. The topological polar surface area (TPSA) is 86.7 Å². The lowest BCUT2D eigenvalue weighted by molar-refractivity contribution is -0.153. The monoisotopic (exact) mass is 310 g/mol. The minimum absolute atomic E-state index is 0.208. The van der Waals surface area contributed by atoms with Crippen molar-refractivity contribution >= 4 is 35.1 Å². The fraction of sp³-hybridized carbons (Fsp3) is 0.357. The van der Waals surface area contributed by atoms with Gasteiger partial charge in [0.15, 0.2) is 0 Å². The highest BCUT2D eigenvalue weighted by atomic mass is 35.5. The van der Waals surface area contributed by atoms with Crippen LogP contribution < -0.4 is 5.32 Å². The van der Waals surface area contributed by atoms with E-state index >= 15 is 0 Å². The summed E-state index contributed by atoms with van der Waals surface area (Å²) >= 11 is 5.81. The summed E-state index contributed by atoms with van der Waals surface area (Å²) in [6.45, 7) is -0.208. The molecule has 1 aliphatic carbocycles. The van der Waals surface area contributed by atoms with Gasteiger partial charge in [0.05, 0.1) is 6.54 Å². The fourth-order valence-corrected chi connectivity index (χ4v) is 2.25. The molecule has 0 spiro atoms. The molecule has 2 amide bonds. The van der Waals surface area contributed by atoms with Crippen LogP contribution in [0.25, 0.3) is 0 Å². The van der Waals surface area contributed by atoms with E-state index in [0.29, 0.717) is 23.6 Å². The number of aliphatic carboxylic acids is 1. The first-order valence-electron chi connectivity index (χ1n) is 6.39. The van der Waals surface area contributed by atoms with E-state index in [-0.39, 0.29) is 6.54 Å². The number of carboxylic acids is 1. The summed E-state index contributed by atoms with van der Waals surface area (Å²) in [7, 11) is 1.42. The van der Waals surface area contributed by atoms with E-state index in [4.69, 9.17) is 16.7 Å². The Labute approximate surface area is 126 Å². The van der Waals surface area contributed by atoms with Crippen LogP contribution in [0.15, 0.2) is 24.3 Å². The molecule has 1 fully saturated rings. The number of carboxylic acid groups (broad SMARTS) is 1. The van der Waals surface area contributed by atoms with Crippen LogP contribution >= 0.6 is 11.6 Å². The Morgan fingerprint density at radius 1 is 1.38 bits per heavy atom. The van der Waals surface area contributed by atoms with Crippen molar-refractivity contribution in [2.24, 2.45) is 5.41 Å². The molecule has 2 N–H and O–H groups in total. The molecule has 6 nitrogen and oxygen atoms in total. The van der Waals surface area contributed by atoms with Gasteiger partial charge in [-0.15, -0.1) is 0 Å². The molecule has 0 heterocycles. The lowest BCUT2D eigenvalue weighted by Gasteiger charge is -2.20. The summed E-state index contributed by atoms with van der Waals surface area (Å²) in [5.41, 5.74) is -0.807. The number of rotatable bonds is 5. The molecule has 1 aromatic rings. The van der Waals surface area contributed by atoms with E-state index in [0.717, 1.165) is 4.90 Å². The number of nitrogens with one attached hydrogen (secondary N) is 1. The summed E-state index contributed by atoms with van der Waals surface area (Å²) in [6, 6.07) is 6.62. The van der Waals surface area contributed by atoms with Crippen molar-refractivity contribution in [1.82, 2.24) is 4.90 Å². The van der Waals surface area contributed by atoms with Gasteiger partial charge in [-0.05, 0) is 31.0 Å². The molecule has 0 saturated heterocycles. The van der Waals surface area contributed by atoms with Gasteiger partial charge in [-0.1, -0.05) is 17.7 Å². The van der Waals surface area contributed by atoms with Gasteiger partial charge in [-0.25, -0.2) is 0 Å². The van der Waals surface area contributed by atoms with Crippen LogP contribution in [0, 0.1) is 5.41 Å². The fourth-order valence-electron chi connectivity index (χ4n) is 2.06. The molecule has 2 rings (SSSR count). The number of halogens is 1. The van der Waals surface area contributed by atoms with Crippen molar-refractivity contribution in [1.29, 1.82) is 0 Å². The highest BCUT2D eigenvalue weighted by Crippen LogP contribution is 2.47. The normalized spacial score (nSPS) is 15.1. The second-order valence-electron chi connectivity index (χ2n) is 5.11. The van der Waals surface area contributed by atoms with Crippen molar-refractivity contribution < 1.29 is 19.5 Å². The predicted octanol–water partition coefficient (Wildman–Crippen LogP) is 1.60. The SMILES string of the molecule is CN(CC(=O)Nc1cccc(Cl)c1)C(=O)C1(C(=O)O)CC1. The molecule has 0 bridgehead atoms. The Morgan fingerprint density at radius 2 is 2.05 bits per heavy atom. The van der Waals surface area contributed by atoms with Gasteiger partial charge < -0.3 is 15.3 Å². The zero-order chi connectivity index (χ0) is 15.6. The number of amides is 2. The van der Waals surface area contributed by atoms with Gasteiger partial charge in [-0.3, -0.25) is 14.4 Å². The quantitative estimate of drug-likeness (QED) is 0.809. The van der Waals surface area contributed by atoms with Crippen molar-refractivity contribution in [2.45, 2.75) is 12.8 Å². The van der Waals surface area contributed by atoms with Gasteiger partial charge in [0.2, 0.25) is 11.8 Å². The maximum atomic E-state index is 12.1. The van der Waals surface area contributed by atoms with Gasteiger partial charge in [0.25, 0.3) is 0 Å².